The molecule has 0 N–H and O–H groups in total. The van der Waals surface area contributed by atoms with Gasteiger partial charge in [-0.05, 0) is 18.1 Å². The highest BCUT2D eigenvalue weighted by Gasteiger charge is 2.10. The Morgan fingerprint density at radius 1 is 1.05 bits per heavy atom. The summed E-state index contributed by atoms with van der Waals surface area (Å²) in [6.45, 7) is 1.97. The van der Waals surface area contributed by atoms with Crippen LogP contribution in [0.5, 0.6) is 0 Å². The van der Waals surface area contributed by atoms with E-state index in [1.807, 2.05) is 31.2 Å². The van der Waals surface area contributed by atoms with Gasteiger partial charge in [0.05, 0.1) is 5.75 Å². The highest BCUT2D eigenvalue weighted by atomic mass is 32.2. The van der Waals surface area contributed by atoms with Crippen molar-refractivity contribution in [3.8, 4) is 0 Å². The number of aromatic nitrogens is 2. The van der Waals surface area contributed by atoms with E-state index < -0.39 is 16.5 Å². The summed E-state index contributed by atoms with van der Waals surface area (Å²) in [5.74, 6) is 0.603. The smallest absolute Gasteiger partial charge is 0.300 e. The third kappa shape index (κ3) is 3.39. The molecule has 1 aromatic heterocycles. The fourth-order valence-electron chi connectivity index (χ4n) is 2.08. The van der Waals surface area contributed by atoms with Crippen LogP contribution in [-0.2, 0) is 36.4 Å². The Labute approximate surface area is 125 Å². The van der Waals surface area contributed by atoms with Crippen molar-refractivity contribution in [3.63, 3.8) is 0 Å². The number of hydrogen-bond donors (Lipinski definition) is 0. The van der Waals surface area contributed by atoms with Crippen molar-refractivity contribution in [2.45, 2.75) is 18.4 Å². The minimum absolute atomic E-state index is 0.191. The van der Waals surface area contributed by atoms with Crippen molar-refractivity contribution in [2.75, 3.05) is 0 Å². The van der Waals surface area contributed by atoms with E-state index in [4.69, 9.17) is 0 Å². The molecule has 2 rings (SSSR count). The Hall–Kier alpha value is -1.95. The minimum Gasteiger partial charge on any atom is -0.300 e. The predicted octanol–water partition coefficient (Wildman–Crippen LogP) is 0.841. The molecular weight excluding hydrogens is 288 g/mol. The van der Waals surface area contributed by atoms with Crippen molar-refractivity contribution >= 4 is 10.8 Å². The second-order valence-corrected chi connectivity index (χ2v) is 6.49. The molecule has 112 valence electrons. The van der Waals surface area contributed by atoms with Crippen LogP contribution in [0, 0.1) is 6.92 Å². The summed E-state index contributed by atoms with van der Waals surface area (Å²) in [4.78, 5) is 23.5. The van der Waals surface area contributed by atoms with Crippen molar-refractivity contribution < 1.29 is 4.21 Å². The standard InChI is InChI=1S/C15H18N2O3S/c1-11-6-4-5-7-12(11)9-21(20)10-13-8-14(18)17(3)15(19)16(13)2/h4-8H,9-10H2,1-3H3. The van der Waals surface area contributed by atoms with Crippen molar-refractivity contribution in [3.05, 3.63) is 68.0 Å². The van der Waals surface area contributed by atoms with Gasteiger partial charge in [-0.15, -0.1) is 0 Å². The van der Waals surface area contributed by atoms with Crippen molar-refractivity contribution in [1.29, 1.82) is 0 Å². The van der Waals surface area contributed by atoms with E-state index in [-0.39, 0.29) is 11.3 Å². The Morgan fingerprint density at radius 3 is 2.38 bits per heavy atom. The summed E-state index contributed by atoms with van der Waals surface area (Å²) in [5.41, 5.74) is 1.83. The maximum Gasteiger partial charge on any atom is 0.330 e. The van der Waals surface area contributed by atoms with Gasteiger partial charge in [0.15, 0.2) is 0 Å². The van der Waals surface area contributed by atoms with Gasteiger partial charge in [-0.2, -0.15) is 0 Å². The molecule has 0 aliphatic heterocycles. The van der Waals surface area contributed by atoms with E-state index in [9.17, 15) is 13.8 Å². The molecule has 1 unspecified atom stereocenters. The molecule has 0 amide bonds. The average Bonchev–Trinajstić information content (AvgIpc) is 2.45. The van der Waals surface area contributed by atoms with Gasteiger partial charge in [0.25, 0.3) is 5.56 Å². The largest absolute Gasteiger partial charge is 0.330 e. The first-order valence-corrected chi connectivity index (χ1v) is 8.04. The molecule has 0 aliphatic rings. The molecule has 0 fully saturated rings. The molecule has 0 saturated carbocycles. The lowest BCUT2D eigenvalue weighted by Gasteiger charge is -2.10. The van der Waals surface area contributed by atoms with Gasteiger partial charge in [-0.3, -0.25) is 18.1 Å². The van der Waals surface area contributed by atoms with Gasteiger partial charge in [0.2, 0.25) is 0 Å². The monoisotopic (exact) mass is 306 g/mol. The molecule has 1 heterocycles. The third-order valence-electron chi connectivity index (χ3n) is 3.51. The van der Waals surface area contributed by atoms with E-state index in [0.717, 1.165) is 15.7 Å². The predicted molar refractivity (Wildman–Crippen MR) is 83.7 cm³/mol. The number of hydrogen-bond acceptors (Lipinski definition) is 3. The zero-order valence-corrected chi connectivity index (χ0v) is 13.1. The Bertz CT molecular complexity index is 805. The van der Waals surface area contributed by atoms with E-state index in [0.29, 0.717) is 11.4 Å². The van der Waals surface area contributed by atoms with Gasteiger partial charge >= 0.3 is 5.69 Å². The lowest BCUT2D eigenvalue weighted by Crippen LogP contribution is -2.38. The summed E-state index contributed by atoms with van der Waals surface area (Å²) >= 11 is 0. The van der Waals surface area contributed by atoms with Gasteiger partial charge in [-0.25, -0.2) is 4.79 Å². The summed E-state index contributed by atoms with van der Waals surface area (Å²) in [6, 6.07) is 9.13. The van der Waals surface area contributed by atoms with E-state index in [2.05, 4.69) is 0 Å². The van der Waals surface area contributed by atoms with Gasteiger partial charge in [-0.1, -0.05) is 24.3 Å². The van der Waals surface area contributed by atoms with Crippen LogP contribution >= 0.6 is 0 Å². The van der Waals surface area contributed by atoms with Crippen LogP contribution < -0.4 is 11.2 Å². The Kier molecular flexibility index (Phi) is 4.57. The molecule has 1 atom stereocenters. The first-order chi connectivity index (χ1) is 9.90. The second-order valence-electron chi connectivity index (χ2n) is 5.03. The van der Waals surface area contributed by atoms with Crippen LogP contribution in [0.3, 0.4) is 0 Å². The quantitative estimate of drug-likeness (QED) is 0.841. The summed E-state index contributed by atoms with van der Waals surface area (Å²) in [5, 5.41) is 0. The molecule has 0 aliphatic carbocycles. The van der Waals surface area contributed by atoms with Crippen LogP contribution in [0.15, 0.2) is 39.9 Å². The lowest BCUT2D eigenvalue weighted by molar-refractivity contribution is 0.655. The molecule has 0 bridgehead atoms. The van der Waals surface area contributed by atoms with E-state index in [1.54, 1.807) is 7.05 Å². The maximum absolute atomic E-state index is 12.3. The number of rotatable bonds is 4. The summed E-state index contributed by atoms with van der Waals surface area (Å²) in [7, 11) is 1.84. The van der Waals surface area contributed by atoms with Gasteiger partial charge < -0.3 is 0 Å². The van der Waals surface area contributed by atoms with Crippen molar-refractivity contribution in [1.82, 2.24) is 9.13 Å². The first-order valence-electron chi connectivity index (χ1n) is 6.55. The summed E-state index contributed by atoms with van der Waals surface area (Å²) < 4.78 is 14.7. The number of aryl methyl sites for hydroxylation is 1. The van der Waals surface area contributed by atoms with Crippen LogP contribution in [0.25, 0.3) is 0 Å². The summed E-state index contributed by atoms with van der Waals surface area (Å²) in [6.07, 6.45) is 0. The maximum atomic E-state index is 12.3. The van der Waals surface area contributed by atoms with Crippen LogP contribution in [0.1, 0.15) is 16.8 Å². The SMILES string of the molecule is Cc1ccccc1CS(=O)Cc1cc(=O)n(C)c(=O)n1C. The topological polar surface area (TPSA) is 61.1 Å². The van der Waals surface area contributed by atoms with E-state index >= 15 is 0 Å². The Morgan fingerprint density at radius 2 is 1.71 bits per heavy atom. The zero-order valence-electron chi connectivity index (χ0n) is 12.3. The fourth-order valence-corrected chi connectivity index (χ4v) is 3.46. The van der Waals surface area contributed by atoms with Gasteiger partial charge in [0.1, 0.15) is 0 Å². The van der Waals surface area contributed by atoms with Crippen LogP contribution in [-0.4, -0.2) is 13.3 Å². The van der Waals surface area contributed by atoms with E-state index in [1.165, 1.54) is 17.7 Å². The molecule has 21 heavy (non-hydrogen) atoms. The highest BCUT2D eigenvalue weighted by molar-refractivity contribution is 7.83. The fraction of sp³-hybridized carbons (Fsp3) is 0.333. The lowest BCUT2D eigenvalue weighted by atomic mass is 10.1. The normalized spacial score (nSPS) is 12.3. The molecule has 5 nitrogen and oxygen atoms in total. The molecule has 6 heteroatoms. The Balaban J connectivity index is 2.23. The number of nitrogens with zero attached hydrogens (tertiary/aromatic N) is 2. The molecule has 0 spiro atoms. The second kappa shape index (κ2) is 6.22. The first kappa shape index (κ1) is 15.4. The molecule has 1 aromatic carbocycles. The molecule has 0 radical (unpaired) electrons. The minimum atomic E-state index is -1.17. The highest BCUT2D eigenvalue weighted by Crippen LogP contribution is 2.11. The number of benzene rings is 1. The molecule has 0 saturated heterocycles. The molecular formula is C15H18N2O3S. The third-order valence-corrected chi connectivity index (χ3v) is 4.76. The van der Waals surface area contributed by atoms with Crippen LogP contribution in [0.4, 0.5) is 0 Å². The van der Waals surface area contributed by atoms with Crippen molar-refractivity contribution in [2.24, 2.45) is 14.1 Å². The van der Waals surface area contributed by atoms with Crippen LogP contribution in [0.2, 0.25) is 0 Å². The zero-order chi connectivity index (χ0) is 15.6. The van der Waals surface area contributed by atoms with Gasteiger partial charge in [0, 0.05) is 42.4 Å². The average molecular weight is 306 g/mol. The molecule has 2 aromatic rings.